The number of hydrogen-bond donors (Lipinski definition) is 3. The Morgan fingerprint density at radius 3 is 2.67 bits per heavy atom. The number of amides is 2. The standard InChI is InChI=1S/C11H17N3O3S/c1-4-7-5-12-8(18-7)6-13-10(17)14-11(2,3)9(15)16/h5H,4,6H2,1-3H3,(H,15,16)(H2,13,14,17). The van der Waals surface area contributed by atoms with E-state index in [-0.39, 0.29) is 0 Å². The highest BCUT2D eigenvalue weighted by molar-refractivity contribution is 7.11. The summed E-state index contributed by atoms with van der Waals surface area (Å²) >= 11 is 1.53. The number of nitrogens with zero attached hydrogens (tertiary/aromatic N) is 1. The SMILES string of the molecule is CCc1cnc(CNC(=O)NC(C)(C)C(=O)O)s1. The van der Waals surface area contributed by atoms with Gasteiger partial charge in [0.15, 0.2) is 0 Å². The molecule has 2 amide bonds. The molecule has 0 aliphatic carbocycles. The first-order valence-corrected chi connectivity index (χ1v) is 6.39. The summed E-state index contributed by atoms with van der Waals surface area (Å²) in [6, 6.07) is -0.518. The summed E-state index contributed by atoms with van der Waals surface area (Å²) in [5, 5.41) is 14.6. The number of carbonyl (C=O) groups is 2. The number of rotatable bonds is 5. The van der Waals surface area contributed by atoms with E-state index in [1.807, 2.05) is 6.92 Å². The lowest BCUT2D eigenvalue weighted by Crippen LogP contribution is -2.52. The highest BCUT2D eigenvalue weighted by Gasteiger charge is 2.28. The number of carbonyl (C=O) groups excluding carboxylic acids is 1. The fraction of sp³-hybridized carbons (Fsp3) is 0.545. The molecule has 0 bridgehead atoms. The second-order valence-corrected chi connectivity index (χ2v) is 5.51. The second-order valence-electron chi connectivity index (χ2n) is 4.31. The minimum Gasteiger partial charge on any atom is -0.480 e. The van der Waals surface area contributed by atoms with Crippen molar-refractivity contribution in [2.24, 2.45) is 0 Å². The molecule has 1 rings (SSSR count). The maximum atomic E-state index is 11.5. The van der Waals surface area contributed by atoms with Crippen LogP contribution in [0.3, 0.4) is 0 Å². The van der Waals surface area contributed by atoms with Crippen molar-refractivity contribution in [3.05, 3.63) is 16.1 Å². The van der Waals surface area contributed by atoms with Crippen molar-refractivity contribution in [1.29, 1.82) is 0 Å². The van der Waals surface area contributed by atoms with Crippen molar-refractivity contribution in [2.75, 3.05) is 0 Å². The van der Waals surface area contributed by atoms with Crippen LogP contribution in [0.5, 0.6) is 0 Å². The first-order valence-electron chi connectivity index (χ1n) is 5.58. The number of nitrogens with one attached hydrogen (secondary N) is 2. The summed E-state index contributed by atoms with van der Waals surface area (Å²) in [4.78, 5) is 27.6. The zero-order valence-electron chi connectivity index (χ0n) is 10.6. The molecule has 7 heteroatoms. The average Bonchev–Trinajstić information content (AvgIpc) is 2.73. The smallest absolute Gasteiger partial charge is 0.328 e. The Kier molecular flexibility index (Phi) is 4.66. The molecule has 0 aliphatic heterocycles. The molecule has 0 saturated heterocycles. The van der Waals surface area contributed by atoms with Crippen LogP contribution >= 0.6 is 11.3 Å². The molecule has 0 fully saturated rings. The Morgan fingerprint density at radius 1 is 1.50 bits per heavy atom. The third-order valence-electron chi connectivity index (χ3n) is 2.31. The van der Waals surface area contributed by atoms with Crippen LogP contribution in [0.25, 0.3) is 0 Å². The summed E-state index contributed by atoms with van der Waals surface area (Å²) in [7, 11) is 0. The second kappa shape index (κ2) is 5.81. The van der Waals surface area contributed by atoms with Crippen molar-refractivity contribution < 1.29 is 14.7 Å². The number of aliphatic carboxylic acids is 1. The van der Waals surface area contributed by atoms with Crippen LogP contribution in [-0.2, 0) is 17.8 Å². The zero-order chi connectivity index (χ0) is 13.8. The Hall–Kier alpha value is -1.63. The van der Waals surface area contributed by atoms with Gasteiger partial charge in [-0.2, -0.15) is 0 Å². The van der Waals surface area contributed by atoms with Crippen molar-refractivity contribution in [2.45, 2.75) is 39.3 Å². The molecule has 0 spiro atoms. The van der Waals surface area contributed by atoms with Crippen LogP contribution in [0.15, 0.2) is 6.20 Å². The van der Waals surface area contributed by atoms with E-state index in [9.17, 15) is 9.59 Å². The van der Waals surface area contributed by atoms with Gasteiger partial charge in [-0.05, 0) is 20.3 Å². The first-order chi connectivity index (χ1) is 8.35. The number of thiazole rings is 1. The molecule has 0 aliphatic rings. The van der Waals surface area contributed by atoms with Crippen LogP contribution in [-0.4, -0.2) is 27.6 Å². The van der Waals surface area contributed by atoms with Crippen LogP contribution in [0.2, 0.25) is 0 Å². The molecule has 0 unspecified atom stereocenters. The van der Waals surface area contributed by atoms with Gasteiger partial charge < -0.3 is 15.7 Å². The molecular formula is C11H17N3O3S. The predicted octanol–water partition coefficient (Wildman–Crippen LogP) is 1.37. The van der Waals surface area contributed by atoms with E-state index in [1.54, 1.807) is 6.20 Å². The molecule has 3 N–H and O–H groups in total. The maximum absolute atomic E-state index is 11.5. The van der Waals surface area contributed by atoms with Gasteiger partial charge in [0.05, 0.1) is 6.54 Å². The number of urea groups is 1. The molecule has 100 valence electrons. The van der Waals surface area contributed by atoms with Gasteiger partial charge in [0.1, 0.15) is 10.5 Å². The van der Waals surface area contributed by atoms with Crippen molar-refractivity contribution in [3.63, 3.8) is 0 Å². The van der Waals surface area contributed by atoms with Crippen LogP contribution in [0.4, 0.5) is 4.79 Å². The maximum Gasteiger partial charge on any atom is 0.328 e. The van der Waals surface area contributed by atoms with Gasteiger partial charge in [0, 0.05) is 11.1 Å². The minimum absolute atomic E-state index is 0.298. The van der Waals surface area contributed by atoms with E-state index in [4.69, 9.17) is 5.11 Å². The summed E-state index contributed by atoms with van der Waals surface area (Å²) < 4.78 is 0. The Labute approximate surface area is 109 Å². The molecular weight excluding hydrogens is 254 g/mol. The quantitative estimate of drug-likeness (QED) is 0.754. The third-order valence-corrected chi connectivity index (χ3v) is 3.45. The molecule has 6 nitrogen and oxygen atoms in total. The van der Waals surface area contributed by atoms with E-state index in [1.165, 1.54) is 25.2 Å². The molecule has 0 aromatic carbocycles. The van der Waals surface area contributed by atoms with E-state index in [2.05, 4.69) is 15.6 Å². The Bertz CT molecular complexity index is 442. The molecule has 1 heterocycles. The molecule has 0 saturated carbocycles. The number of carboxylic acid groups (broad SMARTS) is 1. The normalized spacial score (nSPS) is 11.1. The third kappa shape index (κ3) is 3.99. The largest absolute Gasteiger partial charge is 0.480 e. The van der Waals surface area contributed by atoms with Crippen LogP contribution in [0.1, 0.15) is 30.7 Å². The number of hydrogen-bond acceptors (Lipinski definition) is 4. The fourth-order valence-corrected chi connectivity index (χ4v) is 1.93. The lowest BCUT2D eigenvalue weighted by atomic mass is 10.1. The lowest BCUT2D eigenvalue weighted by molar-refractivity contribution is -0.142. The van der Waals surface area contributed by atoms with E-state index in [0.29, 0.717) is 6.54 Å². The first kappa shape index (κ1) is 14.4. The van der Waals surface area contributed by atoms with Crippen molar-refractivity contribution in [1.82, 2.24) is 15.6 Å². The lowest BCUT2D eigenvalue weighted by Gasteiger charge is -2.20. The molecule has 0 radical (unpaired) electrons. The Morgan fingerprint density at radius 2 is 2.17 bits per heavy atom. The minimum atomic E-state index is -1.29. The summed E-state index contributed by atoms with van der Waals surface area (Å²) in [6.45, 7) is 5.18. The number of aromatic nitrogens is 1. The van der Waals surface area contributed by atoms with Gasteiger partial charge in [-0.15, -0.1) is 11.3 Å². The number of carboxylic acids is 1. The van der Waals surface area contributed by atoms with Gasteiger partial charge in [0.25, 0.3) is 0 Å². The van der Waals surface area contributed by atoms with E-state index < -0.39 is 17.5 Å². The monoisotopic (exact) mass is 271 g/mol. The van der Waals surface area contributed by atoms with Crippen molar-refractivity contribution >= 4 is 23.3 Å². The zero-order valence-corrected chi connectivity index (χ0v) is 11.4. The average molecular weight is 271 g/mol. The molecule has 1 aromatic rings. The molecule has 1 aromatic heterocycles. The topological polar surface area (TPSA) is 91.3 Å². The molecule has 18 heavy (non-hydrogen) atoms. The van der Waals surface area contributed by atoms with E-state index in [0.717, 1.165) is 16.3 Å². The van der Waals surface area contributed by atoms with Crippen LogP contribution in [0, 0.1) is 0 Å². The van der Waals surface area contributed by atoms with Gasteiger partial charge in [0.2, 0.25) is 0 Å². The summed E-state index contributed by atoms with van der Waals surface area (Å²) in [6.07, 6.45) is 2.69. The highest BCUT2D eigenvalue weighted by Crippen LogP contribution is 2.12. The Balaban J connectivity index is 2.44. The number of aryl methyl sites for hydroxylation is 1. The van der Waals surface area contributed by atoms with Gasteiger partial charge in [-0.1, -0.05) is 6.92 Å². The van der Waals surface area contributed by atoms with Crippen molar-refractivity contribution in [3.8, 4) is 0 Å². The molecule has 0 atom stereocenters. The van der Waals surface area contributed by atoms with Gasteiger partial charge in [-0.3, -0.25) is 0 Å². The fourth-order valence-electron chi connectivity index (χ4n) is 1.13. The predicted molar refractivity (Wildman–Crippen MR) is 68.6 cm³/mol. The van der Waals surface area contributed by atoms with Crippen LogP contribution < -0.4 is 10.6 Å². The summed E-state index contributed by atoms with van der Waals surface area (Å²) in [5.74, 6) is -1.08. The van der Waals surface area contributed by atoms with Gasteiger partial charge in [-0.25, -0.2) is 14.6 Å². The van der Waals surface area contributed by atoms with Gasteiger partial charge >= 0.3 is 12.0 Å². The van der Waals surface area contributed by atoms with E-state index >= 15 is 0 Å². The highest BCUT2D eigenvalue weighted by atomic mass is 32.1. The summed E-state index contributed by atoms with van der Waals surface area (Å²) in [5.41, 5.74) is -1.29.